The molecule has 0 saturated carbocycles. The van der Waals surface area contributed by atoms with Crippen molar-refractivity contribution >= 4 is 17.8 Å². The van der Waals surface area contributed by atoms with Crippen molar-refractivity contribution in [2.24, 2.45) is 0 Å². The Kier molecular flexibility index (Phi) is 4.58. The van der Waals surface area contributed by atoms with Crippen LogP contribution >= 0.6 is 0 Å². The van der Waals surface area contributed by atoms with E-state index in [0.29, 0.717) is 0 Å². The summed E-state index contributed by atoms with van der Waals surface area (Å²) in [5.41, 5.74) is -0.946. The van der Waals surface area contributed by atoms with Gasteiger partial charge >= 0.3 is 12.1 Å². The van der Waals surface area contributed by atoms with E-state index in [2.05, 4.69) is 0 Å². The van der Waals surface area contributed by atoms with Crippen molar-refractivity contribution < 1.29 is 32.2 Å². The van der Waals surface area contributed by atoms with Gasteiger partial charge in [-0.2, -0.15) is 13.2 Å². The van der Waals surface area contributed by atoms with Crippen molar-refractivity contribution in [3.8, 4) is 0 Å². The maximum Gasteiger partial charge on any atom is 0.416 e. The molecule has 0 bridgehead atoms. The van der Waals surface area contributed by atoms with Gasteiger partial charge in [-0.3, -0.25) is 4.79 Å². The highest BCUT2D eigenvalue weighted by molar-refractivity contribution is 6.26. The molecule has 0 amide bonds. The van der Waals surface area contributed by atoms with Gasteiger partial charge in [0.1, 0.15) is 11.3 Å². The van der Waals surface area contributed by atoms with Gasteiger partial charge in [-0.25, -0.2) is 4.79 Å². The molecule has 1 aliphatic heterocycles. The van der Waals surface area contributed by atoms with Gasteiger partial charge in [0.05, 0.1) is 12.2 Å². The molecule has 1 heterocycles. The Bertz CT molecular complexity index is 714. The fourth-order valence-electron chi connectivity index (χ4n) is 2.04. The lowest BCUT2D eigenvalue weighted by atomic mass is 10.1. The number of esters is 1. The molecule has 122 valence electrons. The number of Topliss-reactive ketones (excluding diaryl/α,β-unsaturated/α-hetero) is 1. The van der Waals surface area contributed by atoms with Crippen LogP contribution in [0.1, 0.15) is 25.0 Å². The first-order valence-electron chi connectivity index (χ1n) is 6.73. The molecule has 1 aromatic carbocycles. The maximum atomic E-state index is 12.7. The zero-order valence-corrected chi connectivity index (χ0v) is 12.4. The average Bonchev–Trinajstić information content (AvgIpc) is 2.73. The summed E-state index contributed by atoms with van der Waals surface area (Å²) in [7, 11) is 0. The lowest BCUT2D eigenvalue weighted by molar-refractivity contribution is -0.140. The van der Waals surface area contributed by atoms with Gasteiger partial charge in [0.15, 0.2) is 5.76 Å². The van der Waals surface area contributed by atoms with Crippen molar-refractivity contribution in [3.63, 3.8) is 0 Å². The van der Waals surface area contributed by atoms with Crippen LogP contribution in [0.3, 0.4) is 0 Å². The van der Waals surface area contributed by atoms with E-state index < -0.39 is 23.5 Å². The van der Waals surface area contributed by atoms with Crippen molar-refractivity contribution in [3.05, 3.63) is 52.5 Å². The van der Waals surface area contributed by atoms with Crippen molar-refractivity contribution in [1.82, 2.24) is 0 Å². The third-order valence-corrected chi connectivity index (χ3v) is 3.06. The van der Waals surface area contributed by atoms with Gasteiger partial charge in [0.2, 0.25) is 5.78 Å². The molecule has 0 aliphatic carbocycles. The maximum absolute atomic E-state index is 12.7. The summed E-state index contributed by atoms with van der Waals surface area (Å²) in [5, 5.41) is 0. The Labute approximate surface area is 130 Å². The first kappa shape index (κ1) is 16.8. The predicted molar refractivity (Wildman–Crippen MR) is 74.8 cm³/mol. The van der Waals surface area contributed by atoms with Crippen LogP contribution in [-0.4, -0.2) is 18.4 Å². The molecule has 4 nitrogen and oxygen atoms in total. The molecule has 1 aromatic rings. The second-order valence-electron chi connectivity index (χ2n) is 4.71. The number of carbonyl (C=O) groups excluding carboxylic acids is 2. The number of hydrogen-bond donors (Lipinski definition) is 0. The number of rotatable bonds is 3. The molecule has 0 fully saturated rings. The lowest BCUT2D eigenvalue weighted by Gasteiger charge is -2.07. The molecule has 7 heteroatoms. The quantitative estimate of drug-likeness (QED) is 0.485. The average molecular weight is 326 g/mol. The van der Waals surface area contributed by atoms with Crippen LogP contribution in [0.25, 0.3) is 6.08 Å². The summed E-state index contributed by atoms with van der Waals surface area (Å²) >= 11 is 0. The fraction of sp³-hybridized carbons (Fsp3) is 0.250. The molecule has 23 heavy (non-hydrogen) atoms. The van der Waals surface area contributed by atoms with Gasteiger partial charge in [-0.15, -0.1) is 0 Å². The van der Waals surface area contributed by atoms with Crippen molar-refractivity contribution in [2.45, 2.75) is 20.0 Å². The van der Waals surface area contributed by atoms with Crippen molar-refractivity contribution in [2.75, 3.05) is 6.61 Å². The molecule has 1 aliphatic rings. The van der Waals surface area contributed by atoms with Crippen LogP contribution in [0.4, 0.5) is 13.2 Å². The molecule has 0 saturated heterocycles. The minimum absolute atomic E-state index is 0.0617. The number of carbonyl (C=O) groups is 2. The Morgan fingerprint density at radius 3 is 2.65 bits per heavy atom. The monoisotopic (exact) mass is 326 g/mol. The summed E-state index contributed by atoms with van der Waals surface area (Å²) in [6.45, 7) is 3.10. The van der Waals surface area contributed by atoms with Crippen LogP contribution in [0.5, 0.6) is 0 Å². The molecule has 2 rings (SSSR count). The molecule has 0 N–H and O–H groups in total. The Hall–Kier alpha value is -2.57. The Morgan fingerprint density at radius 2 is 2.04 bits per heavy atom. The van der Waals surface area contributed by atoms with E-state index in [1.54, 1.807) is 6.92 Å². The third kappa shape index (κ3) is 3.61. The molecular formula is C16H13F3O4. The zero-order chi connectivity index (χ0) is 17.2. The van der Waals surface area contributed by atoms with E-state index in [1.807, 2.05) is 0 Å². The van der Waals surface area contributed by atoms with E-state index in [9.17, 15) is 22.8 Å². The molecule has 0 unspecified atom stereocenters. The van der Waals surface area contributed by atoms with Gasteiger partial charge in [-0.05, 0) is 37.6 Å². The number of ketones is 1. The van der Waals surface area contributed by atoms with E-state index in [1.165, 1.54) is 19.1 Å². The van der Waals surface area contributed by atoms with Crippen molar-refractivity contribution in [1.29, 1.82) is 0 Å². The summed E-state index contributed by atoms with van der Waals surface area (Å²) in [6.07, 6.45) is -3.33. The highest BCUT2D eigenvalue weighted by atomic mass is 19.4. The summed E-state index contributed by atoms with van der Waals surface area (Å²) < 4.78 is 48.0. The largest absolute Gasteiger partial charge is 0.462 e. The zero-order valence-electron chi connectivity index (χ0n) is 12.4. The standard InChI is InChI=1S/C16H13F3O4/c1-3-22-15(21)13-9(2)23-12(14(13)20)8-10-5-4-6-11(7-10)16(17,18)19/h4-8H,3H2,1-2H3/b12-8+. The number of ether oxygens (including phenoxy) is 2. The first-order valence-corrected chi connectivity index (χ1v) is 6.73. The van der Waals surface area contributed by atoms with E-state index >= 15 is 0 Å². The molecule has 0 aromatic heterocycles. The highest BCUT2D eigenvalue weighted by Gasteiger charge is 2.34. The van der Waals surface area contributed by atoms with E-state index in [-0.39, 0.29) is 29.3 Å². The van der Waals surface area contributed by atoms with Crippen LogP contribution < -0.4 is 0 Å². The number of benzene rings is 1. The van der Waals surface area contributed by atoms with Crippen LogP contribution in [-0.2, 0) is 25.2 Å². The number of alkyl halides is 3. The smallest absolute Gasteiger partial charge is 0.416 e. The molecular weight excluding hydrogens is 313 g/mol. The third-order valence-electron chi connectivity index (χ3n) is 3.06. The number of halogens is 3. The SMILES string of the molecule is CCOC(=O)C1=C(C)O/C(=C/c2cccc(C(F)(F)F)c2)C1=O. The minimum atomic E-state index is -4.49. The Balaban J connectivity index is 2.30. The molecule has 0 spiro atoms. The summed E-state index contributed by atoms with van der Waals surface area (Å²) in [6, 6.07) is 4.44. The Morgan fingerprint density at radius 1 is 1.35 bits per heavy atom. The van der Waals surface area contributed by atoms with Gasteiger partial charge in [-0.1, -0.05) is 12.1 Å². The second kappa shape index (κ2) is 6.28. The fourth-order valence-corrected chi connectivity index (χ4v) is 2.04. The first-order chi connectivity index (χ1) is 10.7. The molecule has 0 radical (unpaired) electrons. The van der Waals surface area contributed by atoms with E-state index in [4.69, 9.17) is 9.47 Å². The lowest BCUT2D eigenvalue weighted by Crippen LogP contribution is -2.14. The van der Waals surface area contributed by atoms with Crippen LogP contribution in [0.15, 0.2) is 41.4 Å². The number of hydrogen-bond acceptors (Lipinski definition) is 4. The number of allylic oxidation sites excluding steroid dienone is 2. The minimum Gasteiger partial charge on any atom is -0.462 e. The van der Waals surface area contributed by atoms with Crippen LogP contribution in [0.2, 0.25) is 0 Å². The van der Waals surface area contributed by atoms with E-state index in [0.717, 1.165) is 18.2 Å². The summed E-state index contributed by atoms with van der Waals surface area (Å²) in [4.78, 5) is 23.8. The highest BCUT2D eigenvalue weighted by Crippen LogP contribution is 2.31. The van der Waals surface area contributed by atoms with Crippen LogP contribution in [0, 0.1) is 0 Å². The predicted octanol–water partition coefficient (Wildman–Crippen LogP) is 3.48. The topological polar surface area (TPSA) is 52.6 Å². The van der Waals surface area contributed by atoms with Gasteiger partial charge in [0.25, 0.3) is 0 Å². The van der Waals surface area contributed by atoms with Gasteiger partial charge in [0, 0.05) is 0 Å². The summed E-state index contributed by atoms with van der Waals surface area (Å²) in [5.74, 6) is -1.68. The second-order valence-corrected chi connectivity index (χ2v) is 4.71. The molecule has 0 atom stereocenters. The van der Waals surface area contributed by atoms with Gasteiger partial charge < -0.3 is 9.47 Å². The normalized spacial score (nSPS) is 16.7.